The third kappa shape index (κ3) is 4.19. The van der Waals surface area contributed by atoms with E-state index < -0.39 is 17.6 Å². The van der Waals surface area contributed by atoms with Crippen LogP contribution in [0.25, 0.3) is 0 Å². The van der Waals surface area contributed by atoms with Gasteiger partial charge in [-0.05, 0) is 11.6 Å². The molecule has 9 heteroatoms. The summed E-state index contributed by atoms with van der Waals surface area (Å²) in [7, 11) is 5.39. The van der Waals surface area contributed by atoms with Gasteiger partial charge in [0.15, 0.2) is 0 Å². The molecule has 23 heavy (non-hydrogen) atoms. The molecule has 0 fully saturated rings. The van der Waals surface area contributed by atoms with Gasteiger partial charge in [-0.25, -0.2) is 0 Å². The Kier molecular flexibility index (Phi) is 7.84. The molecule has 0 aliphatic rings. The molecule has 0 atom stereocenters. The van der Waals surface area contributed by atoms with Gasteiger partial charge in [-0.1, -0.05) is 12.1 Å². The molecule has 0 N–H and O–H groups in total. The van der Waals surface area contributed by atoms with Crippen molar-refractivity contribution < 1.29 is 31.3 Å². The number of hydrogen-bond donors (Lipinski definition) is 0. The molecular weight excluding hydrogens is 336 g/mol. The Labute approximate surface area is 140 Å². The Morgan fingerprint density at radius 1 is 0.739 bits per heavy atom. The SMILES string of the molecule is COc1cc([Si](OC)(OC)OC)ccc1C[Si](OC)(OC)OC. The zero-order chi connectivity index (χ0) is 17.5. The summed E-state index contributed by atoms with van der Waals surface area (Å²) in [6.07, 6.45) is 0. The van der Waals surface area contributed by atoms with E-state index in [4.69, 9.17) is 31.3 Å². The Balaban J connectivity index is 3.24. The molecule has 1 aromatic rings. The topological polar surface area (TPSA) is 64.6 Å². The van der Waals surface area contributed by atoms with Crippen molar-refractivity contribution in [1.82, 2.24) is 0 Å². The maximum absolute atomic E-state index is 5.51. The molecule has 0 aromatic heterocycles. The standard InChI is InChI=1S/C14H26O7Si2/c1-15-14-10-13(23(19-5,20-6)21-7)9-8-12(14)11-22(16-2,17-3)18-4/h8-10H,11H2,1-7H3. The van der Waals surface area contributed by atoms with Crippen LogP contribution in [0.1, 0.15) is 5.56 Å². The van der Waals surface area contributed by atoms with Crippen LogP contribution in [-0.2, 0) is 32.6 Å². The molecule has 7 nitrogen and oxygen atoms in total. The summed E-state index contributed by atoms with van der Waals surface area (Å²) in [4.78, 5) is 0. The Hall–Kier alpha value is -0.786. The van der Waals surface area contributed by atoms with Crippen molar-refractivity contribution in [3.63, 3.8) is 0 Å². The smallest absolute Gasteiger partial charge is 0.496 e. The molecule has 0 heterocycles. The number of methoxy groups -OCH3 is 1. The number of rotatable bonds is 10. The summed E-state index contributed by atoms with van der Waals surface area (Å²) in [6.45, 7) is 0. The van der Waals surface area contributed by atoms with Crippen LogP contribution in [0.4, 0.5) is 0 Å². The molecule has 0 radical (unpaired) electrons. The molecule has 0 amide bonds. The number of ether oxygens (including phenoxy) is 1. The van der Waals surface area contributed by atoms with Gasteiger partial charge in [0.2, 0.25) is 0 Å². The lowest BCUT2D eigenvalue weighted by molar-refractivity contribution is 0.122. The van der Waals surface area contributed by atoms with Gasteiger partial charge in [0.25, 0.3) is 0 Å². The van der Waals surface area contributed by atoms with Crippen molar-refractivity contribution >= 4 is 22.8 Å². The predicted octanol–water partition coefficient (Wildman–Crippen LogP) is 0.740. The second kappa shape index (κ2) is 8.90. The van der Waals surface area contributed by atoms with Crippen molar-refractivity contribution in [2.75, 3.05) is 49.8 Å². The van der Waals surface area contributed by atoms with Gasteiger partial charge < -0.3 is 31.3 Å². The maximum Gasteiger partial charge on any atom is 0.536 e. The summed E-state index contributed by atoms with van der Waals surface area (Å²) in [6, 6.07) is 6.17. The van der Waals surface area contributed by atoms with E-state index >= 15 is 0 Å². The first kappa shape index (κ1) is 20.3. The van der Waals surface area contributed by atoms with Crippen LogP contribution in [-0.4, -0.2) is 67.4 Å². The fraction of sp³-hybridized carbons (Fsp3) is 0.571. The summed E-state index contributed by atoms with van der Waals surface area (Å²) in [5.41, 5.74) is 0.916. The molecule has 0 saturated carbocycles. The third-order valence-corrected chi connectivity index (χ3v) is 9.10. The van der Waals surface area contributed by atoms with E-state index in [0.717, 1.165) is 10.8 Å². The van der Waals surface area contributed by atoms with Crippen LogP contribution in [0.5, 0.6) is 5.75 Å². The minimum absolute atomic E-state index is 0.488. The highest BCUT2D eigenvalue weighted by Gasteiger charge is 2.43. The quantitative estimate of drug-likeness (QED) is 0.569. The van der Waals surface area contributed by atoms with E-state index in [0.29, 0.717) is 11.8 Å². The molecule has 1 rings (SSSR count). The van der Waals surface area contributed by atoms with Gasteiger partial charge >= 0.3 is 17.6 Å². The highest BCUT2D eigenvalue weighted by molar-refractivity contribution is 6.75. The highest BCUT2D eigenvalue weighted by atomic mass is 28.4. The highest BCUT2D eigenvalue weighted by Crippen LogP contribution is 2.24. The average molecular weight is 363 g/mol. The third-order valence-electron chi connectivity index (χ3n) is 3.79. The van der Waals surface area contributed by atoms with Gasteiger partial charge in [0, 0.05) is 53.9 Å². The van der Waals surface area contributed by atoms with Gasteiger partial charge in [0.1, 0.15) is 5.75 Å². The lowest BCUT2D eigenvalue weighted by Crippen LogP contribution is -2.54. The van der Waals surface area contributed by atoms with Crippen molar-refractivity contribution in [3.8, 4) is 5.75 Å². The fourth-order valence-corrected chi connectivity index (χ4v) is 5.88. The van der Waals surface area contributed by atoms with Gasteiger partial charge in [-0.15, -0.1) is 0 Å². The molecule has 0 aliphatic heterocycles. The molecule has 132 valence electrons. The minimum atomic E-state index is -2.91. The Morgan fingerprint density at radius 2 is 1.26 bits per heavy atom. The first-order valence-corrected chi connectivity index (χ1v) is 10.6. The van der Waals surface area contributed by atoms with Gasteiger partial charge in [-0.2, -0.15) is 0 Å². The normalized spacial score (nSPS) is 12.5. The number of benzene rings is 1. The first-order valence-electron chi connectivity index (χ1n) is 6.98. The van der Waals surface area contributed by atoms with E-state index in [1.807, 2.05) is 18.2 Å². The molecule has 0 bridgehead atoms. The summed E-state index contributed by atoms with van der Waals surface area (Å²) in [5, 5.41) is 0.810. The fourth-order valence-electron chi connectivity index (χ4n) is 2.38. The van der Waals surface area contributed by atoms with Crippen molar-refractivity contribution in [2.24, 2.45) is 0 Å². The summed E-state index contributed by atoms with van der Waals surface area (Å²) < 4.78 is 38.4. The van der Waals surface area contributed by atoms with Crippen LogP contribution in [0.3, 0.4) is 0 Å². The first-order chi connectivity index (χ1) is 11.0. The minimum Gasteiger partial charge on any atom is -0.496 e. The van der Waals surface area contributed by atoms with Crippen molar-refractivity contribution in [1.29, 1.82) is 0 Å². The van der Waals surface area contributed by atoms with E-state index in [9.17, 15) is 0 Å². The maximum atomic E-state index is 5.51. The molecular formula is C14H26O7Si2. The van der Waals surface area contributed by atoms with E-state index in [2.05, 4.69) is 0 Å². The van der Waals surface area contributed by atoms with Crippen molar-refractivity contribution in [3.05, 3.63) is 23.8 Å². The van der Waals surface area contributed by atoms with Crippen LogP contribution in [0.2, 0.25) is 0 Å². The monoisotopic (exact) mass is 362 g/mol. The second-order valence-corrected chi connectivity index (χ2v) is 10.5. The largest absolute Gasteiger partial charge is 0.536 e. The van der Waals surface area contributed by atoms with E-state index in [-0.39, 0.29) is 0 Å². The zero-order valence-electron chi connectivity index (χ0n) is 14.8. The average Bonchev–Trinajstić information content (AvgIpc) is 2.62. The van der Waals surface area contributed by atoms with Crippen LogP contribution >= 0.6 is 0 Å². The molecule has 0 spiro atoms. The van der Waals surface area contributed by atoms with Crippen molar-refractivity contribution in [2.45, 2.75) is 6.04 Å². The van der Waals surface area contributed by atoms with Crippen LogP contribution < -0.4 is 9.92 Å². The molecule has 0 saturated heterocycles. The lowest BCUT2D eigenvalue weighted by atomic mass is 10.2. The number of hydrogen-bond acceptors (Lipinski definition) is 7. The lowest BCUT2D eigenvalue weighted by Gasteiger charge is -2.27. The molecule has 0 aliphatic carbocycles. The predicted molar refractivity (Wildman–Crippen MR) is 89.9 cm³/mol. The molecule has 1 aromatic carbocycles. The van der Waals surface area contributed by atoms with E-state index in [1.165, 1.54) is 0 Å². The Bertz CT molecular complexity index is 473. The van der Waals surface area contributed by atoms with Crippen LogP contribution in [0.15, 0.2) is 18.2 Å². The Morgan fingerprint density at radius 3 is 1.65 bits per heavy atom. The van der Waals surface area contributed by atoms with E-state index in [1.54, 1.807) is 49.8 Å². The molecule has 0 unspecified atom stereocenters. The van der Waals surface area contributed by atoms with Gasteiger partial charge in [-0.3, -0.25) is 0 Å². The second-order valence-electron chi connectivity index (χ2n) is 4.67. The van der Waals surface area contributed by atoms with Crippen LogP contribution in [0, 0.1) is 0 Å². The van der Waals surface area contributed by atoms with Gasteiger partial charge in [0.05, 0.1) is 7.11 Å². The summed E-state index contributed by atoms with van der Waals surface area (Å²) in [5.74, 6) is 0.675. The summed E-state index contributed by atoms with van der Waals surface area (Å²) >= 11 is 0. The zero-order valence-corrected chi connectivity index (χ0v) is 16.8.